The zero-order valence-electron chi connectivity index (χ0n) is 11.5. The van der Waals surface area contributed by atoms with Crippen LogP contribution >= 0.6 is 15.9 Å². The Kier molecular flexibility index (Phi) is 3.89. The number of benzene rings is 1. The molecule has 0 bridgehead atoms. The van der Waals surface area contributed by atoms with E-state index in [4.69, 9.17) is 0 Å². The first-order chi connectivity index (χ1) is 10.0. The maximum atomic E-state index is 12.4. The molecule has 2 fully saturated rings. The van der Waals surface area contributed by atoms with Gasteiger partial charge in [0.2, 0.25) is 0 Å². The number of nitrogens with one attached hydrogen (secondary N) is 1. The number of amides is 2. The Morgan fingerprint density at radius 2 is 2.00 bits per heavy atom. The second-order valence-electron chi connectivity index (χ2n) is 5.75. The summed E-state index contributed by atoms with van der Waals surface area (Å²) < 4.78 is 0.676. The fourth-order valence-electron chi connectivity index (χ4n) is 2.35. The summed E-state index contributed by atoms with van der Waals surface area (Å²) in [6, 6.07) is 4.99. The molecular weight excluding hydrogens is 336 g/mol. The number of aromatic carboxylic acids is 1. The van der Waals surface area contributed by atoms with Crippen LogP contribution in [0.1, 0.15) is 36.0 Å². The first-order valence-electron chi connectivity index (χ1n) is 7.15. The molecule has 21 heavy (non-hydrogen) atoms. The summed E-state index contributed by atoms with van der Waals surface area (Å²) in [6.07, 6.45) is 4.48. The third-order valence-electron chi connectivity index (χ3n) is 3.85. The van der Waals surface area contributed by atoms with Gasteiger partial charge in [0.25, 0.3) is 0 Å². The summed E-state index contributed by atoms with van der Waals surface area (Å²) >= 11 is 3.25. The number of carboxylic acid groups (broad SMARTS) is 1. The average molecular weight is 353 g/mol. The lowest BCUT2D eigenvalue weighted by Crippen LogP contribution is -2.38. The highest BCUT2D eigenvalue weighted by molar-refractivity contribution is 9.10. The average Bonchev–Trinajstić information content (AvgIpc) is 3.31. The maximum absolute atomic E-state index is 12.4. The van der Waals surface area contributed by atoms with Crippen molar-refractivity contribution in [3.05, 3.63) is 28.2 Å². The zero-order valence-corrected chi connectivity index (χ0v) is 13.1. The Hall–Kier alpha value is -1.56. The fraction of sp³-hybridized carbons (Fsp3) is 0.467. The molecule has 0 saturated heterocycles. The first-order valence-corrected chi connectivity index (χ1v) is 7.94. The number of hydrogen-bond donors (Lipinski definition) is 2. The van der Waals surface area contributed by atoms with Crippen LogP contribution in [0, 0.1) is 5.92 Å². The lowest BCUT2D eigenvalue weighted by molar-refractivity contribution is 0.0698. The predicted octanol–water partition coefficient (Wildman–Crippen LogP) is 3.55. The smallest absolute Gasteiger partial charge is 0.337 e. The van der Waals surface area contributed by atoms with Gasteiger partial charge in [-0.3, -0.25) is 0 Å². The zero-order chi connectivity index (χ0) is 15.0. The van der Waals surface area contributed by atoms with E-state index in [0.29, 0.717) is 22.1 Å². The van der Waals surface area contributed by atoms with Gasteiger partial charge in [0.05, 0.1) is 11.3 Å². The molecule has 2 N–H and O–H groups in total. The molecule has 6 heteroatoms. The van der Waals surface area contributed by atoms with Crippen LogP contribution in [0.5, 0.6) is 0 Å². The number of carbonyl (C=O) groups is 2. The van der Waals surface area contributed by atoms with Gasteiger partial charge in [-0.2, -0.15) is 0 Å². The third kappa shape index (κ3) is 3.56. The number of halogens is 1. The lowest BCUT2D eigenvalue weighted by Gasteiger charge is -2.23. The largest absolute Gasteiger partial charge is 0.478 e. The van der Waals surface area contributed by atoms with Crippen LogP contribution in [0.25, 0.3) is 0 Å². The molecule has 2 saturated carbocycles. The van der Waals surface area contributed by atoms with Gasteiger partial charge < -0.3 is 15.3 Å². The molecular formula is C15H17BrN2O3. The molecule has 0 aliphatic heterocycles. The summed E-state index contributed by atoms with van der Waals surface area (Å²) in [5.41, 5.74) is 0.442. The summed E-state index contributed by atoms with van der Waals surface area (Å²) in [5, 5.41) is 12.0. The van der Waals surface area contributed by atoms with Gasteiger partial charge >= 0.3 is 12.0 Å². The van der Waals surface area contributed by atoms with Crippen LogP contribution in [0.4, 0.5) is 10.5 Å². The molecule has 1 aromatic rings. The number of hydrogen-bond acceptors (Lipinski definition) is 2. The normalized spacial score (nSPS) is 17.4. The van der Waals surface area contributed by atoms with Gasteiger partial charge in [-0.05, 0) is 49.8 Å². The number of carbonyl (C=O) groups excluding carboxylic acids is 1. The molecule has 2 aliphatic rings. The molecule has 2 amide bonds. The number of anilines is 1. The first kappa shape index (κ1) is 14.4. The molecule has 0 aromatic heterocycles. The van der Waals surface area contributed by atoms with Crippen LogP contribution in [0.2, 0.25) is 0 Å². The van der Waals surface area contributed by atoms with Crippen LogP contribution in [0.15, 0.2) is 22.7 Å². The number of carboxylic acids is 1. The number of urea groups is 1. The van der Waals surface area contributed by atoms with E-state index in [-0.39, 0.29) is 11.6 Å². The minimum atomic E-state index is -1.05. The standard InChI is InChI=1S/C15H17BrN2O3/c16-10-3-6-13(12(7-10)14(19)20)17-15(21)18(11-4-5-11)8-9-1-2-9/h3,6-7,9,11H,1-2,4-5,8H2,(H,17,21)(H,19,20). The molecule has 0 atom stereocenters. The lowest BCUT2D eigenvalue weighted by atomic mass is 10.2. The summed E-state index contributed by atoms with van der Waals surface area (Å²) in [5.74, 6) is -0.424. The van der Waals surface area contributed by atoms with Crippen molar-refractivity contribution in [1.82, 2.24) is 4.90 Å². The van der Waals surface area contributed by atoms with Crippen molar-refractivity contribution in [2.45, 2.75) is 31.7 Å². The molecule has 0 unspecified atom stereocenters. The van der Waals surface area contributed by atoms with Crippen LogP contribution < -0.4 is 5.32 Å². The van der Waals surface area contributed by atoms with E-state index in [1.165, 1.54) is 18.9 Å². The fourth-order valence-corrected chi connectivity index (χ4v) is 2.71. The Labute approximate surface area is 131 Å². The van der Waals surface area contributed by atoms with E-state index in [1.807, 2.05) is 4.90 Å². The molecule has 0 radical (unpaired) electrons. The van der Waals surface area contributed by atoms with Crippen LogP contribution in [-0.2, 0) is 0 Å². The topological polar surface area (TPSA) is 69.6 Å². The Bertz CT molecular complexity index is 582. The highest BCUT2D eigenvalue weighted by Gasteiger charge is 2.36. The Balaban J connectivity index is 1.75. The number of nitrogens with zero attached hydrogens (tertiary/aromatic N) is 1. The van der Waals surface area contributed by atoms with Gasteiger partial charge in [0.15, 0.2) is 0 Å². The monoisotopic (exact) mass is 352 g/mol. The molecule has 1 aromatic carbocycles. The molecule has 112 valence electrons. The van der Waals surface area contributed by atoms with E-state index in [0.717, 1.165) is 19.4 Å². The quantitative estimate of drug-likeness (QED) is 0.851. The third-order valence-corrected chi connectivity index (χ3v) is 4.35. The molecule has 0 heterocycles. The van der Waals surface area contributed by atoms with Gasteiger partial charge in [-0.25, -0.2) is 9.59 Å². The van der Waals surface area contributed by atoms with E-state index in [2.05, 4.69) is 21.2 Å². The second kappa shape index (κ2) is 5.67. The van der Waals surface area contributed by atoms with Crippen molar-refractivity contribution >= 4 is 33.6 Å². The highest BCUT2D eigenvalue weighted by atomic mass is 79.9. The van der Waals surface area contributed by atoms with E-state index >= 15 is 0 Å². The Morgan fingerprint density at radius 1 is 1.29 bits per heavy atom. The van der Waals surface area contributed by atoms with E-state index in [9.17, 15) is 14.7 Å². The van der Waals surface area contributed by atoms with Crippen molar-refractivity contribution in [3.63, 3.8) is 0 Å². The van der Waals surface area contributed by atoms with Gasteiger partial charge in [-0.1, -0.05) is 15.9 Å². The Morgan fingerprint density at radius 3 is 2.57 bits per heavy atom. The van der Waals surface area contributed by atoms with Crippen molar-refractivity contribution in [2.24, 2.45) is 5.92 Å². The highest BCUT2D eigenvalue weighted by Crippen LogP contribution is 2.35. The summed E-state index contributed by atoms with van der Waals surface area (Å²) in [7, 11) is 0. The van der Waals surface area contributed by atoms with Gasteiger partial charge in [0.1, 0.15) is 0 Å². The van der Waals surface area contributed by atoms with Crippen LogP contribution in [-0.4, -0.2) is 34.6 Å². The van der Waals surface area contributed by atoms with Crippen LogP contribution in [0.3, 0.4) is 0 Å². The molecule has 5 nitrogen and oxygen atoms in total. The number of rotatable bonds is 5. The van der Waals surface area contributed by atoms with Crippen molar-refractivity contribution < 1.29 is 14.7 Å². The minimum absolute atomic E-state index is 0.0971. The van der Waals surface area contributed by atoms with Crippen molar-refractivity contribution in [2.75, 3.05) is 11.9 Å². The molecule has 2 aliphatic carbocycles. The van der Waals surface area contributed by atoms with Gasteiger partial charge in [0, 0.05) is 17.1 Å². The van der Waals surface area contributed by atoms with Crippen molar-refractivity contribution in [3.8, 4) is 0 Å². The second-order valence-corrected chi connectivity index (χ2v) is 6.67. The van der Waals surface area contributed by atoms with E-state index in [1.54, 1.807) is 12.1 Å². The maximum Gasteiger partial charge on any atom is 0.337 e. The minimum Gasteiger partial charge on any atom is -0.478 e. The van der Waals surface area contributed by atoms with Crippen molar-refractivity contribution in [1.29, 1.82) is 0 Å². The SMILES string of the molecule is O=C(O)c1cc(Br)ccc1NC(=O)N(CC1CC1)C1CC1. The molecule has 3 rings (SSSR count). The summed E-state index contributed by atoms with van der Waals surface area (Å²) in [4.78, 5) is 25.6. The van der Waals surface area contributed by atoms with Gasteiger partial charge in [-0.15, -0.1) is 0 Å². The summed E-state index contributed by atoms with van der Waals surface area (Å²) in [6.45, 7) is 0.787. The predicted molar refractivity (Wildman–Crippen MR) is 82.6 cm³/mol. The molecule has 0 spiro atoms. The van der Waals surface area contributed by atoms with E-state index < -0.39 is 5.97 Å².